The highest BCUT2D eigenvalue weighted by Gasteiger charge is 2.30. The van der Waals surface area contributed by atoms with Gasteiger partial charge in [-0.2, -0.15) is 0 Å². The van der Waals surface area contributed by atoms with Crippen LogP contribution in [0, 0.1) is 11.8 Å². The summed E-state index contributed by atoms with van der Waals surface area (Å²) in [7, 11) is 0. The number of hydrogen-bond acceptors (Lipinski definition) is 4. The molecule has 0 aliphatic carbocycles. The molecule has 1 aliphatic heterocycles. The Bertz CT molecular complexity index is 419. The predicted molar refractivity (Wildman–Crippen MR) is 92.7 cm³/mol. The molecule has 0 saturated carbocycles. The van der Waals surface area contributed by atoms with E-state index in [0.717, 1.165) is 6.42 Å². The lowest BCUT2D eigenvalue weighted by molar-refractivity contribution is -0.130. The first-order valence-electron chi connectivity index (χ1n) is 7.77. The number of hydrogen-bond donors (Lipinski definition) is 3. The van der Waals surface area contributed by atoms with Crippen molar-refractivity contribution in [3.05, 3.63) is 0 Å². The van der Waals surface area contributed by atoms with Crippen molar-refractivity contribution < 1.29 is 14.4 Å². The van der Waals surface area contributed by atoms with E-state index in [-0.39, 0.29) is 54.1 Å². The Morgan fingerprint density at radius 3 is 2.61 bits per heavy atom. The number of alkyl halides is 1. The van der Waals surface area contributed by atoms with Gasteiger partial charge in [-0.3, -0.25) is 14.4 Å². The third-order valence-corrected chi connectivity index (χ3v) is 4.08. The van der Waals surface area contributed by atoms with E-state index in [1.54, 1.807) is 0 Å². The van der Waals surface area contributed by atoms with Gasteiger partial charge in [-0.15, -0.1) is 24.0 Å². The van der Waals surface area contributed by atoms with Crippen molar-refractivity contribution in [1.82, 2.24) is 10.6 Å². The van der Waals surface area contributed by atoms with Crippen LogP contribution in [0.3, 0.4) is 0 Å². The van der Waals surface area contributed by atoms with Crippen LogP contribution in [0.2, 0.25) is 0 Å². The fourth-order valence-corrected chi connectivity index (χ4v) is 2.79. The van der Waals surface area contributed by atoms with Gasteiger partial charge in [0.15, 0.2) is 5.78 Å². The molecule has 1 aliphatic rings. The zero-order chi connectivity index (χ0) is 16.7. The molecule has 6 nitrogen and oxygen atoms in total. The van der Waals surface area contributed by atoms with E-state index in [1.807, 2.05) is 13.8 Å². The maximum Gasteiger partial charge on any atom is 0.237 e. The summed E-state index contributed by atoms with van der Waals surface area (Å²) in [5.41, 5.74) is 5.83. The highest BCUT2D eigenvalue weighted by atomic mass is 35.5. The molecule has 134 valence electrons. The summed E-state index contributed by atoms with van der Waals surface area (Å²) in [4.78, 5) is 35.9. The van der Waals surface area contributed by atoms with Gasteiger partial charge >= 0.3 is 0 Å². The van der Waals surface area contributed by atoms with Gasteiger partial charge in [0.2, 0.25) is 11.8 Å². The number of Topliss-reactive ketones (excluding diaryl/α,β-unsaturated/α-hetero) is 1. The Morgan fingerprint density at radius 1 is 1.43 bits per heavy atom. The number of nitrogens with one attached hydrogen (secondary N) is 2. The smallest absolute Gasteiger partial charge is 0.237 e. The third-order valence-electron chi connectivity index (χ3n) is 3.82. The van der Waals surface area contributed by atoms with Gasteiger partial charge in [0.25, 0.3) is 0 Å². The zero-order valence-electron chi connectivity index (χ0n) is 13.6. The van der Waals surface area contributed by atoms with Crippen LogP contribution in [0.4, 0.5) is 0 Å². The van der Waals surface area contributed by atoms with Gasteiger partial charge in [0, 0.05) is 12.5 Å². The van der Waals surface area contributed by atoms with E-state index in [0.29, 0.717) is 19.4 Å². The van der Waals surface area contributed by atoms with E-state index in [4.69, 9.17) is 17.3 Å². The summed E-state index contributed by atoms with van der Waals surface area (Å²) < 4.78 is 0. The molecule has 0 radical (unpaired) electrons. The quantitative estimate of drug-likeness (QED) is 0.556. The molecule has 0 unspecified atom stereocenters. The molecule has 0 aromatic rings. The summed E-state index contributed by atoms with van der Waals surface area (Å²) in [6.07, 6.45) is 2.40. The van der Waals surface area contributed by atoms with Gasteiger partial charge in [-0.25, -0.2) is 0 Å². The largest absolute Gasteiger partial charge is 0.356 e. The second-order valence-electron chi connectivity index (χ2n) is 6.26. The molecule has 3 atom stereocenters. The first-order valence-corrected chi connectivity index (χ1v) is 8.31. The second kappa shape index (κ2) is 10.8. The van der Waals surface area contributed by atoms with Crippen LogP contribution >= 0.6 is 24.0 Å². The first kappa shape index (κ1) is 22.1. The minimum Gasteiger partial charge on any atom is -0.356 e. The summed E-state index contributed by atoms with van der Waals surface area (Å²) in [5, 5.41) is 5.44. The van der Waals surface area contributed by atoms with Crippen molar-refractivity contribution in [2.75, 3.05) is 12.4 Å². The number of amides is 2. The summed E-state index contributed by atoms with van der Waals surface area (Å²) in [6.45, 7) is 4.61. The number of carbonyl (C=O) groups is 3. The zero-order valence-corrected chi connectivity index (χ0v) is 15.2. The normalized spacial score (nSPS) is 20.2. The molecule has 1 saturated heterocycles. The van der Waals surface area contributed by atoms with Crippen LogP contribution < -0.4 is 16.4 Å². The first-order chi connectivity index (χ1) is 10.3. The number of carbonyl (C=O) groups excluding carboxylic acids is 3. The highest BCUT2D eigenvalue weighted by Crippen LogP contribution is 2.18. The van der Waals surface area contributed by atoms with Crippen LogP contribution in [-0.4, -0.2) is 42.1 Å². The molecule has 0 aromatic carbocycles. The Hall–Kier alpha value is -0.850. The highest BCUT2D eigenvalue weighted by molar-refractivity contribution is 6.28. The molecule has 1 fully saturated rings. The van der Waals surface area contributed by atoms with E-state index in [1.165, 1.54) is 0 Å². The molecule has 2 amide bonds. The van der Waals surface area contributed by atoms with Gasteiger partial charge in [0.1, 0.15) is 0 Å². The number of halogens is 2. The maximum atomic E-state index is 12.1. The van der Waals surface area contributed by atoms with Gasteiger partial charge in [-0.05, 0) is 31.6 Å². The van der Waals surface area contributed by atoms with E-state index < -0.39 is 12.1 Å². The molecule has 1 rings (SSSR count). The number of rotatable bonds is 8. The van der Waals surface area contributed by atoms with Crippen LogP contribution in [0.1, 0.15) is 39.5 Å². The average Bonchev–Trinajstić information content (AvgIpc) is 2.47. The van der Waals surface area contributed by atoms with Crippen LogP contribution in [0.25, 0.3) is 0 Å². The van der Waals surface area contributed by atoms with Crippen LogP contribution in [0.5, 0.6) is 0 Å². The van der Waals surface area contributed by atoms with Gasteiger partial charge < -0.3 is 16.4 Å². The maximum absolute atomic E-state index is 12.1. The second-order valence-corrected chi connectivity index (χ2v) is 6.53. The lowest BCUT2D eigenvalue weighted by Crippen LogP contribution is -2.51. The lowest BCUT2D eigenvalue weighted by Gasteiger charge is -2.26. The third kappa shape index (κ3) is 7.50. The number of piperidine rings is 1. The fourth-order valence-electron chi connectivity index (χ4n) is 2.60. The van der Waals surface area contributed by atoms with Crippen molar-refractivity contribution in [2.24, 2.45) is 17.6 Å². The summed E-state index contributed by atoms with van der Waals surface area (Å²) in [6, 6.07) is -1.41. The van der Waals surface area contributed by atoms with Crippen LogP contribution in [0.15, 0.2) is 0 Å². The number of nitrogens with two attached hydrogens (primary N) is 1. The van der Waals surface area contributed by atoms with Crippen molar-refractivity contribution >= 4 is 41.6 Å². The number of ketones is 1. The Morgan fingerprint density at radius 2 is 2.09 bits per heavy atom. The Labute approximate surface area is 148 Å². The molecule has 1 heterocycles. The van der Waals surface area contributed by atoms with Gasteiger partial charge in [-0.1, -0.05) is 13.8 Å². The minimum absolute atomic E-state index is 0. The van der Waals surface area contributed by atoms with Crippen molar-refractivity contribution in [3.8, 4) is 0 Å². The SMILES string of the molecule is CC(C)C[C@H](N)C(=O)N[C@@H](C[C@@H]1CCCNC1=O)C(=O)CCl.Cl. The van der Waals surface area contributed by atoms with Crippen molar-refractivity contribution in [2.45, 2.75) is 51.6 Å². The molecule has 0 spiro atoms. The minimum atomic E-state index is -0.753. The average molecular weight is 368 g/mol. The summed E-state index contributed by atoms with van der Waals surface area (Å²) >= 11 is 5.62. The predicted octanol–water partition coefficient (Wildman–Crippen LogP) is 0.991. The van der Waals surface area contributed by atoms with E-state index >= 15 is 0 Å². The van der Waals surface area contributed by atoms with E-state index in [9.17, 15) is 14.4 Å². The molecular weight excluding hydrogens is 341 g/mol. The van der Waals surface area contributed by atoms with Crippen molar-refractivity contribution in [3.63, 3.8) is 0 Å². The fraction of sp³-hybridized carbons (Fsp3) is 0.800. The molecule has 23 heavy (non-hydrogen) atoms. The molecule has 8 heteroatoms. The van der Waals surface area contributed by atoms with Crippen molar-refractivity contribution in [1.29, 1.82) is 0 Å². The van der Waals surface area contributed by atoms with Crippen LogP contribution in [-0.2, 0) is 14.4 Å². The monoisotopic (exact) mass is 367 g/mol. The lowest BCUT2D eigenvalue weighted by atomic mass is 9.90. The Kier molecular flexibility index (Phi) is 10.4. The van der Waals surface area contributed by atoms with E-state index in [2.05, 4.69) is 10.6 Å². The van der Waals surface area contributed by atoms with Gasteiger partial charge in [0.05, 0.1) is 18.0 Å². The topological polar surface area (TPSA) is 101 Å². The molecular formula is C15H27Cl2N3O3. The molecule has 0 aromatic heterocycles. The Balaban J connectivity index is 0.00000484. The molecule has 0 bridgehead atoms. The summed E-state index contributed by atoms with van der Waals surface area (Å²) in [5.74, 6) is -0.906. The molecule has 4 N–H and O–H groups in total. The standard InChI is InChI=1S/C15H26ClN3O3.ClH/c1-9(2)6-11(17)15(22)19-12(13(20)8-16)7-10-4-3-5-18-14(10)21;/h9-12H,3-8,17H2,1-2H3,(H,18,21)(H,19,22);1H/t10-,11-,12-;/m0./s1.